The van der Waals surface area contributed by atoms with Crippen molar-refractivity contribution < 1.29 is 19.7 Å². The summed E-state index contributed by atoms with van der Waals surface area (Å²) in [6.45, 7) is 2.48. The minimum atomic E-state index is 0.0214. The highest BCUT2D eigenvalue weighted by atomic mass is 32.1. The van der Waals surface area contributed by atoms with Crippen molar-refractivity contribution in [1.29, 1.82) is 0 Å². The highest BCUT2D eigenvalue weighted by Gasteiger charge is 2.29. The van der Waals surface area contributed by atoms with E-state index < -0.39 is 0 Å². The average molecular weight is 474 g/mol. The molecule has 174 valence electrons. The molecule has 4 aromatic rings. The Bertz CT molecular complexity index is 1270. The Hall–Kier alpha value is -3.35. The summed E-state index contributed by atoms with van der Waals surface area (Å²) in [4.78, 5) is 14.6. The van der Waals surface area contributed by atoms with Gasteiger partial charge in [0, 0.05) is 15.1 Å². The number of phenolic OH excluding ortho intramolecular Hbond substituents is 2. The molecule has 3 aromatic carbocycles. The SMILES string of the molecule is O=Cc1ccc(OCC(c2c(-c3ccc(O)cc3)sc3cc(O)ccc23)N2CCCCC2)cc1. The van der Waals surface area contributed by atoms with E-state index in [0.29, 0.717) is 12.2 Å². The maximum absolute atomic E-state index is 11.0. The highest BCUT2D eigenvalue weighted by molar-refractivity contribution is 7.22. The Balaban J connectivity index is 1.59. The number of benzene rings is 3. The lowest BCUT2D eigenvalue weighted by molar-refractivity contribution is 0.112. The zero-order valence-electron chi connectivity index (χ0n) is 18.8. The zero-order chi connectivity index (χ0) is 23.5. The molecule has 5 rings (SSSR count). The second-order valence-corrected chi connectivity index (χ2v) is 9.73. The maximum Gasteiger partial charge on any atom is 0.150 e. The fourth-order valence-electron chi connectivity index (χ4n) is 4.68. The van der Waals surface area contributed by atoms with Gasteiger partial charge in [0.05, 0.1) is 6.04 Å². The summed E-state index contributed by atoms with van der Waals surface area (Å²) in [5.41, 5.74) is 2.85. The van der Waals surface area contributed by atoms with Crippen molar-refractivity contribution in [1.82, 2.24) is 4.90 Å². The van der Waals surface area contributed by atoms with E-state index in [4.69, 9.17) is 4.74 Å². The third-order valence-corrected chi connectivity index (χ3v) is 7.65. The summed E-state index contributed by atoms with van der Waals surface area (Å²) in [6, 6.07) is 20.1. The Kier molecular flexibility index (Phi) is 6.52. The van der Waals surface area contributed by atoms with E-state index in [1.54, 1.807) is 41.7 Å². The highest BCUT2D eigenvalue weighted by Crippen LogP contribution is 2.45. The molecule has 0 spiro atoms. The number of carbonyl (C=O) groups excluding carboxylic acids is 1. The van der Waals surface area contributed by atoms with E-state index in [0.717, 1.165) is 58.5 Å². The van der Waals surface area contributed by atoms with Gasteiger partial charge in [-0.05, 0) is 109 Å². The van der Waals surface area contributed by atoms with Gasteiger partial charge in [-0.2, -0.15) is 0 Å². The van der Waals surface area contributed by atoms with Crippen LogP contribution in [-0.4, -0.2) is 41.1 Å². The second kappa shape index (κ2) is 9.87. The van der Waals surface area contributed by atoms with Crippen LogP contribution in [0, 0.1) is 0 Å². The van der Waals surface area contributed by atoms with Gasteiger partial charge in [0.1, 0.15) is 30.1 Å². The first-order valence-electron chi connectivity index (χ1n) is 11.6. The molecular weight excluding hydrogens is 446 g/mol. The fourth-order valence-corrected chi connectivity index (χ4v) is 5.98. The molecule has 1 aromatic heterocycles. The van der Waals surface area contributed by atoms with Crippen LogP contribution in [0.4, 0.5) is 0 Å². The van der Waals surface area contributed by atoms with Crippen molar-refractivity contribution >= 4 is 27.7 Å². The van der Waals surface area contributed by atoms with Crippen LogP contribution in [0.15, 0.2) is 66.7 Å². The van der Waals surface area contributed by atoms with E-state index >= 15 is 0 Å². The predicted molar refractivity (Wildman–Crippen MR) is 136 cm³/mol. The Morgan fingerprint density at radius 3 is 2.32 bits per heavy atom. The van der Waals surface area contributed by atoms with Crippen molar-refractivity contribution in [3.63, 3.8) is 0 Å². The molecule has 6 heteroatoms. The maximum atomic E-state index is 11.0. The van der Waals surface area contributed by atoms with Crippen LogP contribution in [0.1, 0.15) is 41.2 Å². The van der Waals surface area contributed by atoms with Gasteiger partial charge in [-0.1, -0.05) is 6.42 Å². The van der Waals surface area contributed by atoms with Gasteiger partial charge in [-0.25, -0.2) is 0 Å². The molecule has 1 fully saturated rings. The third kappa shape index (κ3) is 4.65. The van der Waals surface area contributed by atoms with Crippen LogP contribution >= 0.6 is 11.3 Å². The minimum absolute atomic E-state index is 0.0214. The van der Waals surface area contributed by atoms with Crippen LogP contribution in [-0.2, 0) is 0 Å². The Morgan fingerprint density at radius 1 is 0.912 bits per heavy atom. The number of piperidine rings is 1. The second-order valence-electron chi connectivity index (χ2n) is 8.68. The smallest absolute Gasteiger partial charge is 0.150 e. The summed E-state index contributed by atoms with van der Waals surface area (Å²) in [6.07, 6.45) is 4.38. The average Bonchev–Trinajstić information content (AvgIpc) is 3.24. The van der Waals surface area contributed by atoms with Crippen LogP contribution in [0.3, 0.4) is 0 Å². The number of ether oxygens (including phenoxy) is 1. The van der Waals surface area contributed by atoms with Gasteiger partial charge < -0.3 is 14.9 Å². The first-order valence-corrected chi connectivity index (χ1v) is 12.4. The molecule has 0 saturated carbocycles. The van der Waals surface area contributed by atoms with Crippen LogP contribution < -0.4 is 4.74 Å². The number of aldehydes is 1. The van der Waals surface area contributed by atoms with Crippen molar-refractivity contribution in [3.05, 3.63) is 77.9 Å². The first kappa shape index (κ1) is 22.4. The van der Waals surface area contributed by atoms with Gasteiger partial charge in [-0.3, -0.25) is 9.69 Å². The van der Waals surface area contributed by atoms with Gasteiger partial charge in [-0.15, -0.1) is 11.3 Å². The fraction of sp³-hybridized carbons (Fsp3) is 0.250. The summed E-state index contributed by atoms with van der Waals surface area (Å²) >= 11 is 1.65. The Morgan fingerprint density at radius 2 is 1.62 bits per heavy atom. The topological polar surface area (TPSA) is 70.0 Å². The lowest BCUT2D eigenvalue weighted by Crippen LogP contribution is -2.37. The number of hydrogen-bond acceptors (Lipinski definition) is 6. The third-order valence-electron chi connectivity index (χ3n) is 6.43. The number of rotatable bonds is 7. The van der Waals surface area contributed by atoms with E-state index in [9.17, 15) is 15.0 Å². The van der Waals surface area contributed by atoms with Gasteiger partial charge in [0.25, 0.3) is 0 Å². The molecule has 2 heterocycles. The number of fused-ring (bicyclic) bond motifs is 1. The number of hydrogen-bond donors (Lipinski definition) is 2. The number of nitrogens with zero attached hydrogens (tertiary/aromatic N) is 1. The molecular formula is C28H27NO4S. The van der Waals surface area contributed by atoms with Gasteiger partial charge in [0.15, 0.2) is 0 Å². The zero-order valence-corrected chi connectivity index (χ0v) is 19.6. The molecule has 1 unspecified atom stereocenters. The monoisotopic (exact) mass is 473 g/mol. The number of carbonyl (C=O) groups is 1. The summed E-state index contributed by atoms with van der Waals surface area (Å²) < 4.78 is 7.31. The van der Waals surface area contributed by atoms with E-state index in [-0.39, 0.29) is 17.5 Å². The van der Waals surface area contributed by atoms with Crippen molar-refractivity contribution in [2.24, 2.45) is 0 Å². The van der Waals surface area contributed by atoms with Crippen LogP contribution in [0.2, 0.25) is 0 Å². The van der Waals surface area contributed by atoms with Crippen molar-refractivity contribution in [2.45, 2.75) is 25.3 Å². The number of likely N-dealkylation sites (tertiary alicyclic amines) is 1. The summed E-state index contributed by atoms with van der Waals surface area (Å²) in [7, 11) is 0. The molecule has 1 aliphatic heterocycles. The molecule has 5 nitrogen and oxygen atoms in total. The molecule has 1 aliphatic rings. The summed E-state index contributed by atoms with van der Waals surface area (Å²) in [5.74, 6) is 1.22. The number of phenols is 2. The predicted octanol–water partition coefficient (Wildman–Crippen LogP) is 6.40. The minimum Gasteiger partial charge on any atom is -0.508 e. The van der Waals surface area contributed by atoms with E-state index in [2.05, 4.69) is 4.90 Å². The van der Waals surface area contributed by atoms with Crippen LogP contribution in [0.25, 0.3) is 20.5 Å². The lowest BCUT2D eigenvalue weighted by atomic mass is 9.96. The van der Waals surface area contributed by atoms with E-state index in [1.165, 1.54) is 12.0 Å². The molecule has 34 heavy (non-hydrogen) atoms. The molecule has 1 saturated heterocycles. The first-order chi connectivity index (χ1) is 16.6. The molecule has 2 N–H and O–H groups in total. The van der Waals surface area contributed by atoms with Gasteiger partial charge in [0.2, 0.25) is 0 Å². The molecule has 0 aliphatic carbocycles. The van der Waals surface area contributed by atoms with Crippen molar-refractivity contribution in [2.75, 3.05) is 19.7 Å². The number of aromatic hydroxyl groups is 2. The summed E-state index contributed by atoms with van der Waals surface area (Å²) in [5, 5.41) is 21.1. The standard InChI is InChI=1S/C28H27NO4S/c30-17-19-4-11-23(12-5-19)33-18-25(29-14-2-1-3-15-29)27-24-13-10-22(32)16-26(24)34-28(27)20-6-8-21(31)9-7-20/h4-13,16-17,25,31-32H,1-3,14-15,18H2. The normalized spacial score (nSPS) is 15.3. The van der Waals surface area contributed by atoms with Crippen molar-refractivity contribution in [3.8, 4) is 27.7 Å². The molecule has 0 bridgehead atoms. The number of thiophene rings is 1. The van der Waals surface area contributed by atoms with E-state index in [1.807, 2.05) is 36.4 Å². The quantitative estimate of drug-likeness (QED) is 0.304. The molecule has 1 atom stereocenters. The molecule has 0 amide bonds. The van der Waals surface area contributed by atoms with Gasteiger partial charge >= 0.3 is 0 Å². The largest absolute Gasteiger partial charge is 0.508 e. The lowest BCUT2D eigenvalue weighted by Gasteiger charge is -2.35. The molecule has 0 radical (unpaired) electrons. The Labute approximate surface area is 202 Å². The van der Waals surface area contributed by atoms with Crippen LogP contribution in [0.5, 0.6) is 17.2 Å².